The minimum Gasteiger partial charge on any atom is -0.488 e. The maximum atomic E-state index is 14.1. The molecule has 34 nitrogen and oxygen atoms in total. The molecule has 702 valence electrons. The van der Waals surface area contributed by atoms with Crippen LogP contribution < -0.4 is 25.4 Å². The summed E-state index contributed by atoms with van der Waals surface area (Å²) in [7, 11) is 3.82. The van der Waals surface area contributed by atoms with Crippen molar-refractivity contribution < 1.29 is 90.8 Å². The van der Waals surface area contributed by atoms with Gasteiger partial charge in [-0.1, -0.05) is 60.7 Å². The van der Waals surface area contributed by atoms with Crippen LogP contribution in [-0.4, -0.2) is 229 Å². The minimum absolute atomic E-state index is 0.0376. The molecule has 34 heteroatoms. The molecule has 4 aromatic heterocycles. The number of nitrogens with one attached hydrogen (secondary N) is 7. The number of H-pyrrole nitrogens is 4. The SMILES string of the molecule is CC(C)(C)OC(=O)N1CCC[C@H]1c1ncc(-c2ccc3c(c2)COc2c-3ccc3cc(-c4cnc([C@@H]5CCCN5C(=O)OC(C)(C)C)[nH]4)ccc23)[nH]1.COC(=O)N[C@H](C(=O)N1CCC[C@H]1c1ncc(-c2ccc3c(c2)COc2c-3ccc3cc(-c4cnc([C@@H]5CCCN5C(=O)[C@@H](NC(=O)OC)C5CCOCC5)[nH]4)ccc23)[nH]1)C1CCOCC1.COC(=O)N[C@H](C(=O)O)C1CCOCC1. The van der Waals surface area contributed by atoms with Gasteiger partial charge in [-0.2, -0.15) is 0 Å². The van der Waals surface area contributed by atoms with E-state index >= 15 is 0 Å². The lowest BCUT2D eigenvalue weighted by atomic mass is 9.90. The first kappa shape index (κ1) is 91.8. The second-order valence-corrected chi connectivity index (χ2v) is 37.4. The van der Waals surface area contributed by atoms with E-state index in [2.05, 4.69) is 138 Å². The summed E-state index contributed by atoms with van der Waals surface area (Å²) in [4.78, 5) is 141. The van der Waals surface area contributed by atoms with Gasteiger partial charge in [-0.05, 0) is 230 Å². The molecule has 10 aromatic rings. The molecule has 19 rings (SSSR count). The van der Waals surface area contributed by atoms with Crippen LogP contribution in [-0.2, 0) is 65.5 Å². The van der Waals surface area contributed by atoms with E-state index < -0.39 is 53.6 Å². The molecular formula is C99H117N15O19. The van der Waals surface area contributed by atoms with Crippen molar-refractivity contribution >= 4 is 69.8 Å². The average molecular weight is 1820 g/mol. The smallest absolute Gasteiger partial charge is 0.410 e. The number of ether oxygens (including phenoxy) is 10. The number of imidazole rings is 4. The number of carbonyl (C=O) groups excluding carboxylic acids is 7. The van der Waals surface area contributed by atoms with Gasteiger partial charge in [0.1, 0.15) is 77.3 Å². The van der Waals surface area contributed by atoms with Gasteiger partial charge in [0.15, 0.2) is 0 Å². The van der Waals surface area contributed by atoms with Gasteiger partial charge in [-0.25, -0.2) is 48.7 Å². The number of fused-ring (bicyclic) bond motifs is 10. The maximum absolute atomic E-state index is 14.1. The molecule has 13 heterocycles. The number of methoxy groups -OCH3 is 3. The van der Waals surface area contributed by atoms with Crippen molar-refractivity contribution in [3.63, 3.8) is 0 Å². The number of aromatic nitrogens is 8. The van der Waals surface area contributed by atoms with Gasteiger partial charge in [0.25, 0.3) is 0 Å². The maximum Gasteiger partial charge on any atom is 0.410 e. The first-order valence-electron chi connectivity index (χ1n) is 46.2. The Bertz CT molecular complexity index is 5950. The molecular weight excluding hydrogens is 1700 g/mol. The largest absolute Gasteiger partial charge is 0.488 e. The Kier molecular flexibility index (Phi) is 27.4. The van der Waals surface area contributed by atoms with Crippen molar-refractivity contribution in [2.45, 2.75) is 198 Å². The summed E-state index contributed by atoms with van der Waals surface area (Å²) >= 11 is 0. The van der Waals surface area contributed by atoms with Crippen LogP contribution in [0.3, 0.4) is 0 Å². The molecule has 0 saturated carbocycles. The van der Waals surface area contributed by atoms with Gasteiger partial charge in [-0.15, -0.1) is 0 Å². The van der Waals surface area contributed by atoms with Crippen molar-refractivity contribution in [1.82, 2.24) is 75.4 Å². The third-order valence-corrected chi connectivity index (χ3v) is 26.6. The highest BCUT2D eigenvalue weighted by Crippen LogP contribution is 2.48. The van der Waals surface area contributed by atoms with E-state index in [1.807, 2.05) is 76.1 Å². The van der Waals surface area contributed by atoms with Gasteiger partial charge in [0, 0.05) is 98.8 Å². The molecule has 0 aliphatic carbocycles. The monoisotopic (exact) mass is 1820 g/mol. The Balaban J connectivity index is 0.000000163. The number of benzene rings is 6. The van der Waals surface area contributed by atoms with E-state index in [0.717, 1.165) is 186 Å². The van der Waals surface area contributed by atoms with Crippen LogP contribution in [0.5, 0.6) is 11.5 Å². The van der Waals surface area contributed by atoms with E-state index in [1.54, 1.807) is 9.80 Å². The lowest BCUT2D eigenvalue weighted by Crippen LogP contribution is -2.53. The molecule has 9 aliphatic heterocycles. The summed E-state index contributed by atoms with van der Waals surface area (Å²) < 4.78 is 54.7. The van der Waals surface area contributed by atoms with Crippen LogP contribution in [0.4, 0.5) is 24.0 Å². The van der Waals surface area contributed by atoms with Gasteiger partial charge in [-0.3, -0.25) is 19.4 Å². The number of amides is 7. The molecule has 7 fully saturated rings. The zero-order valence-electron chi connectivity index (χ0n) is 76.6. The lowest BCUT2D eigenvalue weighted by molar-refractivity contribution is -0.142. The number of carboxylic acids is 1. The molecule has 9 aliphatic rings. The summed E-state index contributed by atoms with van der Waals surface area (Å²) in [6.45, 7) is 17.9. The standard InChI is InChI=1S/C49H56N8O9.C41H46N6O5.C9H15NO5/c1-62-48(60)54-41(28-13-19-64-20-14-28)46(58)56-17-3-5-39(56)44-50-25-37(52-44)31-9-11-35-30(23-31)7-12-36-34-10-8-32(24-33(34)27-66-43(35)36)38-26-51-45(53-38)40-6-4-18-57(40)47(59)42(55-49(61)63-2)29-15-21-65-22-16-29;1-40(2,3)51-38(48)46-17-7-9-33(46)36-42-21-31(44-36)25-13-15-29-24(19-25)11-16-30-28-14-12-26(20-27(28)23-50-35(29)30)32-22-43-37(45-32)34-10-8-18-47(34)39(49)52-41(4,5)6;1-14-9(13)10-7(8(11)12)6-2-4-15-5-3-6/h7-12,23-26,28-29,39-42H,3-6,13-22,27H2,1-2H3,(H,50,52)(H,51,53)(H,54,60)(H,55,61);11-16,19-22,33-34H,7-10,17-18,23H2,1-6H3,(H,42,44)(H,43,45);6-7H,2-5H2,1H3,(H,10,13)(H,11,12)/t39-,40-,41-,42-;33-,34-;7-/m000/s1. The highest BCUT2D eigenvalue weighted by atomic mass is 16.6. The molecule has 7 atom stereocenters. The number of likely N-dealkylation sites (tertiary alicyclic amines) is 4. The van der Waals surface area contributed by atoms with Gasteiger partial charge >= 0.3 is 36.4 Å². The van der Waals surface area contributed by atoms with Crippen molar-refractivity contribution in [3.05, 3.63) is 156 Å². The number of hydrogen-bond acceptors (Lipinski definition) is 22. The van der Waals surface area contributed by atoms with E-state index in [4.69, 9.17) is 67.7 Å². The third kappa shape index (κ3) is 20.3. The van der Waals surface area contributed by atoms with Crippen LogP contribution in [0.1, 0.15) is 190 Å². The third-order valence-electron chi connectivity index (χ3n) is 26.6. The van der Waals surface area contributed by atoms with Gasteiger partial charge in [0.05, 0.1) is 93.1 Å². The molecule has 133 heavy (non-hydrogen) atoms. The van der Waals surface area contributed by atoms with Crippen LogP contribution >= 0.6 is 0 Å². The Hall–Kier alpha value is -13.1. The van der Waals surface area contributed by atoms with Gasteiger partial charge < -0.3 is 98.2 Å². The Labute approximate surface area is 770 Å². The lowest BCUT2D eigenvalue weighted by Gasteiger charge is -2.34. The van der Waals surface area contributed by atoms with E-state index in [1.165, 1.54) is 21.3 Å². The van der Waals surface area contributed by atoms with Crippen LogP contribution in [0.2, 0.25) is 0 Å². The number of hydrogen-bond donors (Lipinski definition) is 8. The van der Waals surface area contributed by atoms with Crippen LogP contribution in [0, 0.1) is 17.8 Å². The quantitative estimate of drug-likeness (QED) is 0.0392. The number of aliphatic carboxylic acids is 1. The molecule has 0 radical (unpaired) electrons. The van der Waals surface area contributed by atoms with Crippen molar-refractivity contribution in [2.24, 2.45) is 17.8 Å². The zero-order valence-corrected chi connectivity index (χ0v) is 76.6. The van der Waals surface area contributed by atoms with E-state index in [0.29, 0.717) is 118 Å². The summed E-state index contributed by atoms with van der Waals surface area (Å²) in [5.74, 6) is 3.26. The molecule has 0 unspecified atom stereocenters. The fourth-order valence-corrected chi connectivity index (χ4v) is 19.9. The number of rotatable bonds is 17. The van der Waals surface area contributed by atoms with E-state index in [-0.39, 0.29) is 65.9 Å². The normalized spacial score (nSPS) is 19.8. The number of nitrogens with zero attached hydrogens (tertiary/aromatic N) is 8. The summed E-state index contributed by atoms with van der Waals surface area (Å²) in [6.07, 6.45) is 15.5. The highest BCUT2D eigenvalue weighted by Gasteiger charge is 2.44. The number of carbonyl (C=O) groups is 8. The number of alkyl carbamates (subject to hydrolysis) is 3. The first-order valence-corrected chi connectivity index (χ1v) is 46.2. The fraction of sp³-hybridized carbons (Fsp3) is 0.475. The highest BCUT2D eigenvalue weighted by molar-refractivity contribution is 6.00. The second-order valence-electron chi connectivity index (χ2n) is 37.4. The van der Waals surface area contributed by atoms with Crippen molar-refractivity contribution in [1.29, 1.82) is 0 Å². The Morgan fingerprint density at radius 2 is 0.692 bits per heavy atom. The summed E-state index contributed by atoms with van der Waals surface area (Å²) in [5, 5.41) is 21.1. The van der Waals surface area contributed by atoms with Crippen molar-refractivity contribution in [3.8, 4) is 78.8 Å². The van der Waals surface area contributed by atoms with Crippen LogP contribution in [0.15, 0.2) is 122 Å². The average Bonchev–Trinajstić information content (AvgIpc) is 1.41. The minimum atomic E-state index is -1.03. The summed E-state index contributed by atoms with van der Waals surface area (Å²) in [5.41, 5.74) is 12.8. The van der Waals surface area contributed by atoms with Gasteiger partial charge in [0.2, 0.25) is 11.8 Å². The van der Waals surface area contributed by atoms with Crippen molar-refractivity contribution in [2.75, 3.05) is 87.1 Å². The zero-order chi connectivity index (χ0) is 92.9. The molecule has 8 N–H and O–H groups in total. The number of carboxylic acid groups (broad SMARTS) is 1. The predicted molar refractivity (Wildman–Crippen MR) is 491 cm³/mol. The first-order chi connectivity index (χ1) is 64.2. The van der Waals surface area contributed by atoms with Crippen LogP contribution in [0.25, 0.3) is 88.8 Å². The molecule has 0 spiro atoms. The summed E-state index contributed by atoms with van der Waals surface area (Å²) in [6, 6.07) is 30.9. The Morgan fingerprint density at radius 1 is 0.391 bits per heavy atom. The molecule has 0 bridgehead atoms. The van der Waals surface area contributed by atoms with E-state index in [9.17, 15) is 38.4 Å². The predicted octanol–water partition coefficient (Wildman–Crippen LogP) is 16.4. The second kappa shape index (κ2) is 39.8. The molecule has 7 amide bonds. The Morgan fingerprint density at radius 3 is 1.02 bits per heavy atom. The number of aromatic amines is 4. The molecule has 6 aromatic carbocycles. The fourth-order valence-electron chi connectivity index (χ4n) is 19.9. The topological polar surface area (TPSA) is 413 Å². The molecule has 7 saturated heterocycles.